The lowest BCUT2D eigenvalue weighted by atomic mass is 10.2. The fourth-order valence-corrected chi connectivity index (χ4v) is 3.26. The molecule has 0 radical (unpaired) electrons. The molecule has 0 aromatic carbocycles. The van der Waals surface area contributed by atoms with Crippen LogP contribution >= 0.6 is 0 Å². The van der Waals surface area contributed by atoms with Crippen LogP contribution in [0, 0.1) is 13.8 Å². The van der Waals surface area contributed by atoms with Crippen molar-refractivity contribution in [2.24, 2.45) is 0 Å². The summed E-state index contributed by atoms with van der Waals surface area (Å²) in [7, 11) is 0. The van der Waals surface area contributed by atoms with Crippen molar-refractivity contribution in [3.8, 4) is 0 Å². The van der Waals surface area contributed by atoms with Gasteiger partial charge in [-0.3, -0.25) is 14.5 Å². The summed E-state index contributed by atoms with van der Waals surface area (Å²) in [6, 6.07) is 2.07. The molecule has 1 saturated heterocycles. The van der Waals surface area contributed by atoms with Gasteiger partial charge < -0.3 is 10.2 Å². The van der Waals surface area contributed by atoms with Crippen molar-refractivity contribution < 1.29 is 9.59 Å². The van der Waals surface area contributed by atoms with Crippen LogP contribution in [0.3, 0.4) is 0 Å². The number of carbonyl (C=O) groups is 2. The molecule has 1 aliphatic rings. The molecule has 2 aromatic rings. The van der Waals surface area contributed by atoms with Crippen LogP contribution in [0.15, 0.2) is 6.07 Å². The van der Waals surface area contributed by atoms with Gasteiger partial charge in [0.1, 0.15) is 0 Å². The van der Waals surface area contributed by atoms with Crippen molar-refractivity contribution in [2.45, 2.75) is 40.2 Å². The highest BCUT2D eigenvalue weighted by Crippen LogP contribution is 2.08. The van der Waals surface area contributed by atoms with Crippen LogP contribution in [0.5, 0.6) is 0 Å². The number of carbonyl (C=O) groups excluding carboxylic acids is 2. The lowest BCUT2D eigenvalue weighted by Crippen LogP contribution is -2.51. The molecule has 2 amide bonds. The Bertz CT molecular complexity index is 838. The highest BCUT2D eigenvalue weighted by Gasteiger charge is 2.23. The minimum Gasteiger partial charge on any atom is -0.353 e. The van der Waals surface area contributed by atoms with E-state index in [9.17, 15) is 9.59 Å². The molecule has 1 aliphatic heterocycles. The SMILES string of the molecule is Cc1cc(C)n2nc(CC(=O)N3CCN(CC(=O)NC(C)C)CC3)nc2n1. The summed E-state index contributed by atoms with van der Waals surface area (Å²) in [5, 5.41) is 7.29. The Hall–Kier alpha value is -2.55. The first kappa shape index (κ1) is 19.2. The second-order valence-corrected chi connectivity index (χ2v) is 7.33. The summed E-state index contributed by atoms with van der Waals surface area (Å²) in [4.78, 5) is 37.1. The van der Waals surface area contributed by atoms with Gasteiger partial charge in [0.25, 0.3) is 5.78 Å². The fraction of sp³-hybridized carbons (Fsp3) is 0.611. The van der Waals surface area contributed by atoms with E-state index >= 15 is 0 Å². The number of nitrogens with one attached hydrogen (secondary N) is 1. The van der Waals surface area contributed by atoms with Crippen molar-refractivity contribution in [2.75, 3.05) is 32.7 Å². The van der Waals surface area contributed by atoms with Crippen molar-refractivity contribution in [1.82, 2.24) is 34.7 Å². The summed E-state index contributed by atoms with van der Waals surface area (Å²) in [6.45, 7) is 10.7. The average molecular weight is 373 g/mol. The average Bonchev–Trinajstić information content (AvgIpc) is 2.97. The summed E-state index contributed by atoms with van der Waals surface area (Å²) in [6.07, 6.45) is 0.162. The zero-order valence-electron chi connectivity index (χ0n) is 16.4. The number of amides is 2. The number of aryl methyl sites for hydroxylation is 2. The molecule has 0 unspecified atom stereocenters. The van der Waals surface area contributed by atoms with Crippen molar-refractivity contribution in [1.29, 1.82) is 0 Å². The van der Waals surface area contributed by atoms with Crippen molar-refractivity contribution in [3.63, 3.8) is 0 Å². The smallest absolute Gasteiger partial charge is 0.252 e. The third-order valence-electron chi connectivity index (χ3n) is 4.51. The zero-order chi connectivity index (χ0) is 19.6. The molecule has 1 fully saturated rings. The van der Waals surface area contributed by atoms with Crippen LogP contribution in [-0.4, -0.2) is 80.0 Å². The lowest BCUT2D eigenvalue weighted by Gasteiger charge is -2.34. The predicted molar refractivity (Wildman–Crippen MR) is 100 cm³/mol. The number of nitrogens with zero attached hydrogens (tertiary/aromatic N) is 6. The number of hydrogen-bond acceptors (Lipinski definition) is 6. The molecule has 146 valence electrons. The molecule has 9 nitrogen and oxygen atoms in total. The molecule has 9 heteroatoms. The van der Waals surface area contributed by atoms with Crippen LogP contribution in [0.2, 0.25) is 0 Å². The number of rotatable bonds is 5. The van der Waals surface area contributed by atoms with Crippen LogP contribution < -0.4 is 5.32 Å². The van der Waals surface area contributed by atoms with E-state index in [2.05, 4.69) is 25.3 Å². The maximum absolute atomic E-state index is 12.6. The van der Waals surface area contributed by atoms with Gasteiger partial charge in [-0.25, -0.2) is 9.50 Å². The Balaban J connectivity index is 1.54. The first-order valence-corrected chi connectivity index (χ1v) is 9.31. The maximum Gasteiger partial charge on any atom is 0.252 e. The van der Waals surface area contributed by atoms with Crippen LogP contribution in [0.25, 0.3) is 5.78 Å². The zero-order valence-corrected chi connectivity index (χ0v) is 16.4. The van der Waals surface area contributed by atoms with E-state index in [1.807, 2.05) is 38.7 Å². The van der Waals surface area contributed by atoms with Crippen molar-refractivity contribution >= 4 is 17.6 Å². The molecule has 0 bridgehead atoms. The predicted octanol–water partition coefficient (Wildman–Crippen LogP) is -0.0476. The van der Waals surface area contributed by atoms with Crippen LogP contribution in [-0.2, 0) is 16.0 Å². The van der Waals surface area contributed by atoms with Gasteiger partial charge in [-0.1, -0.05) is 0 Å². The maximum atomic E-state index is 12.6. The molecule has 27 heavy (non-hydrogen) atoms. The van der Waals surface area contributed by atoms with Gasteiger partial charge in [-0.05, 0) is 33.8 Å². The first-order valence-electron chi connectivity index (χ1n) is 9.31. The summed E-state index contributed by atoms with van der Waals surface area (Å²) in [5.74, 6) is 1.04. The quantitative estimate of drug-likeness (QED) is 0.790. The Morgan fingerprint density at radius 1 is 1.15 bits per heavy atom. The standard InChI is InChI=1S/C18H27N7O2/c1-12(2)19-16(26)11-23-5-7-24(8-6-23)17(27)10-15-21-18-20-13(3)9-14(4)25(18)22-15/h9,12H,5-8,10-11H2,1-4H3,(H,19,26). The molecule has 3 rings (SSSR count). The molecule has 3 heterocycles. The fourth-order valence-electron chi connectivity index (χ4n) is 3.26. The van der Waals surface area contributed by atoms with Gasteiger partial charge in [0, 0.05) is 43.6 Å². The number of hydrogen-bond donors (Lipinski definition) is 1. The Morgan fingerprint density at radius 2 is 1.85 bits per heavy atom. The van der Waals surface area contributed by atoms with Crippen LogP contribution in [0.1, 0.15) is 31.1 Å². The van der Waals surface area contributed by atoms with Gasteiger partial charge >= 0.3 is 0 Å². The number of aromatic nitrogens is 4. The minimum atomic E-state index is 0.00608. The van der Waals surface area contributed by atoms with Gasteiger partial charge in [0.05, 0.1) is 13.0 Å². The summed E-state index contributed by atoms with van der Waals surface area (Å²) >= 11 is 0. The Morgan fingerprint density at radius 3 is 2.52 bits per heavy atom. The highest BCUT2D eigenvalue weighted by atomic mass is 16.2. The van der Waals surface area contributed by atoms with Gasteiger partial charge in [0.15, 0.2) is 5.82 Å². The Kier molecular flexibility index (Phi) is 5.69. The van der Waals surface area contributed by atoms with E-state index in [4.69, 9.17) is 0 Å². The lowest BCUT2D eigenvalue weighted by molar-refractivity contribution is -0.132. The second-order valence-electron chi connectivity index (χ2n) is 7.33. The number of fused-ring (bicyclic) bond motifs is 1. The molecule has 0 aliphatic carbocycles. The monoisotopic (exact) mass is 373 g/mol. The molecular weight excluding hydrogens is 346 g/mol. The minimum absolute atomic E-state index is 0.00608. The molecule has 1 N–H and O–H groups in total. The molecule has 0 atom stereocenters. The van der Waals surface area contributed by atoms with Gasteiger partial charge in [0.2, 0.25) is 11.8 Å². The third kappa shape index (κ3) is 4.79. The first-order chi connectivity index (χ1) is 12.8. The van der Waals surface area contributed by atoms with E-state index in [0.717, 1.165) is 11.4 Å². The summed E-state index contributed by atoms with van der Waals surface area (Å²) in [5.41, 5.74) is 1.82. The van der Waals surface area contributed by atoms with Gasteiger partial charge in [-0.2, -0.15) is 4.98 Å². The van der Waals surface area contributed by atoms with Crippen molar-refractivity contribution in [3.05, 3.63) is 23.3 Å². The normalized spacial score (nSPS) is 15.5. The largest absolute Gasteiger partial charge is 0.353 e. The van der Waals surface area contributed by atoms with E-state index in [-0.39, 0.29) is 24.3 Å². The summed E-state index contributed by atoms with van der Waals surface area (Å²) < 4.78 is 1.67. The molecular formula is C18H27N7O2. The topological polar surface area (TPSA) is 95.7 Å². The van der Waals surface area contributed by atoms with E-state index in [1.54, 1.807) is 4.52 Å². The third-order valence-corrected chi connectivity index (χ3v) is 4.51. The van der Waals surface area contributed by atoms with E-state index < -0.39 is 0 Å². The van der Waals surface area contributed by atoms with Crippen LogP contribution in [0.4, 0.5) is 0 Å². The molecule has 0 saturated carbocycles. The van der Waals surface area contributed by atoms with E-state index in [0.29, 0.717) is 44.3 Å². The Labute approximate surface area is 158 Å². The van der Waals surface area contributed by atoms with Gasteiger partial charge in [-0.15, -0.1) is 5.10 Å². The highest BCUT2D eigenvalue weighted by molar-refractivity contribution is 5.79. The number of piperazine rings is 1. The molecule has 0 spiro atoms. The second kappa shape index (κ2) is 7.99. The molecule has 2 aromatic heterocycles. The van der Waals surface area contributed by atoms with E-state index in [1.165, 1.54) is 0 Å².